The maximum absolute atomic E-state index is 11.6. The van der Waals surface area contributed by atoms with Crippen LogP contribution in [0.4, 0.5) is 11.6 Å². The van der Waals surface area contributed by atoms with E-state index in [1.165, 1.54) is 0 Å². The summed E-state index contributed by atoms with van der Waals surface area (Å²) in [7, 11) is 0. The first-order valence-electron chi connectivity index (χ1n) is 6.11. The SMILES string of the molecule is NC(=O)c1ccc2ccccc2c1Nc1ncccn1. The van der Waals surface area contributed by atoms with Gasteiger partial charge in [-0.3, -0.25) is 4.79 Å². The number of hydrogen-bond acceptors (Lipinski definition) is 4. The molecule has 3 aromatic rings. The molecule has 0 aliphatic rings. The minimum Gasteiger partial charge on any atom is -0.366 e. The molecule has 98 valence electrons. The van der Waals surface area contributed by atoms with Crippen LogP contribution in [-0.2, 0) is 0 Å². The molecule has 0 atom stereocenters. The average Bonchev–Trinajstić information content (AvgIpc) is 2.48. The van der Waals surface area contributed by atoms with Crippen LogP contribution in [0.25, 0.3) is 10.8 Å². The molecule has 20 heavy (non-hydrogen) atoms. The molecule has 1 amide bonds. The molecule has 0 aliphatic heterocycles. The molecule has 3 N–H and O–H groups in total. The normalized spacial score (nSPS) is 10.4. The van der Waals surface area contributed by atoms with Crippen molar-refractivity contribution in [2.24, 2.45) is 5.73 Å². The van der Waals surface area contributed by atoms with Crippen LogP contribution >= 0.6 is 0 Å². The Balaban J connectivity index is 2.20. The number of carbonyl (C=O) groups excluding carboxylic acids is 1. The first kappa shape index (κ1) is 12.1. The Morgan fingerprint density at radius 2 is 1.75 bits per heavy atom. The fourth-order valence-electron chi connectivity index (χ4n) is 2.09. The van der Waals surface area contributed by atoms with Crippen molar-refractivity contribution in [3.63, 3.8) is 0 Å². The second kappa shape index (κ2) is 4.97. The Morgan fingerprint density at radius 3 is 2.50 bits per heavy atom. The number of hydrogen-bond donors (Lipinski definition) is 2. The second-order valence-corrected chi connectivity index (χ2v) is 4.27. The molecule has 0 saturated carbocycles. The highest BCUT2D eigenvalue weighted by Gasteiger charge is 2.12. The van der Waals surface area contributed by atoms with Gasteiger partial charge in [-0.05, 0) is 17.5 Å². The predicted molar refractivity (Wildman–Crippen MR) is 77.8 cm³/mol. The first-order chi connectivity index (χ1) is 9.75. The molecule has 1 aromatic heterocycles. The van der Waals surface area contributed by atoms with Gasteiger partial charge < -0.3 is 11.1 Å². The van der Waals surface area contributed by atoms with Crippen LogP contribution in [0.5, 0.6) is 0 Å². The van der Waals surface area contributed by atoms with Gasteiger partial charge in [0.2, 0.25) is 5.95 Å². The van der Waals surface area contributed by atoms with Crippen LogP contribution in [0.2, 0.25) is 0 Å². The van der Waals surface area contributed by atoms with E-state index in [0.717, 1.165) is 10.8 Å². The van der Waals surface area contributed by atoms with Gasteiger partial charge in [0.15, 0.2) is 0 Å². The number of amides is 1. The number of fused-ring (bicyclic) bond motifs is 1. The summed E-state index contributed by atoms with van der Waals surface area (Å²) in [5, 5.41) is 4.98. The Hall–Kier alpha value is -2.95. The summed E-state index contributed by atoms with van der Waals surface area (Å²) in [6.45, 7) is 0. The summed E-state index contributed by atoms with van der Waals surface area (Å²) < 4.78 is 0. The number of rotatable bonds is 3. The smallest absolute Gasteiger partial charge is 0.250 e. The number of primary amides is 1. The topological polar surface area (TPSA) is 80.9 Å². The molecule has 0 aliphatic carbocycles. The van der Waals surface area contributed by atoms with E-state index < -0.39 is 5.91 Å². The van der Waals surface area contributed by atoms with Crippen molar-refractivity contribution >= 4 is 28.3 Å². The van der Waals surface area contributed by atoms with Crippen molar-refractivity contribution in [3.8, 4) is 0 Å². The Bertz CT molecular complexity index is 771. The van der Waals surface area contributed by atoms with Gasteiger partial charge in [-0.25, -0.2) is 9.97 Å². The molecule has 0 bridgehead atoms. The minimum absolute atomic E-state index is 0.413. The lowest BCUT2D eigenvalue weighted by atomic mass is 10.0. The summed E-state index contributed by atoms with van der Waals surface area (Å²) in [4.78, 5) is 19.8. The Morgan fingerprint density at radius 1 is 1.00 bits per heavy atom. The lowest BCUT2D eigenvalue weighted by Gasteiger charge is -2.12. The van der Waals surface area contributed by atoms with E-state index in [1.54, 1.807) is 24.5 Å². The molecule has 0 fully saturated rings. The van der Waals surface area contributed by atoms with Crippen LogP contribution in [0.1, 0.15) is 10.4 Å². The van der Waals surface area contributed by atoms with E-state index >= 15 is 0 Å². The summed E-state index contributed by atoms with van der Waals surface area (Å²) in [5.41, 5.74) is 6.48. The monoisotopic (exact) mass is 264 g/mol. The Labute approximate surface area is 115 Å². The maximum Gasteiger partial charge on any atom is 0.250 e. The lowest BCUT2D eigenvalue weighted by Crippen LogP contribution is -2.14. The van der Waals surface area contributed by atoms with Crippen molar-refractivity contribution < 1.29 is 4.79 Å². The molecule has 3 rings (SSSR count). The highest BCUT2D eigenvalue weighted by Crippen LogP contribution is 2.29. The van der Waals surface area contributed by atoms with Gasteiger partial charge in [0.25, 0.3) is 5.91 Å². The van der Waals surface area contributed by atoms with Gasteiger partial charge in [-0.2, -0.15) is 0 Å². The number of aromatic nitrogens is 2. The van der Waals surface area contributed by atoms with Crippen LogP contribution in [0.15, 0.2) is 54.9 Å². The average molecular weight is 264 g/mol. The van der Waals surface area contributed by atoms with Gasteiger partial charge in [0, 0.05) is 17.8 Å². The summed E-state index contributed by atoms with van der Waals surface area (Å²) in [6, 6.07) is 13.0. The fraction of sp³-hybridized carbons (Fsp3) is 0. The van der Waals surface area contributed by atoms with Crippen LogP contribution in [0, 0.1) is 0 Å². The number of nitrogens with one attached hydrogen (secondary N) is 1. The molecule has 1 heterocycles. The third-order valence-electron chi connectivity index (χ3n) is 3.00. The van der Waals surface area contributed by atoms with Gasteiger partial charge in [0.1, 0.15) is 0 Å². The number of carbonyl (C=O) groups is 1. The van der Waals surface area contributed by atoms with Crippen LogP contribution in [-0.4, -0.2) is 15.9 Å². The third kappa shape index (κ3) is 2.16. The zero-order chi connectivity index (χ0) is 13.9. The summed E-state index contributed by atoms with van der Waals surface area (Å²) >= 11 is 0. The van der Waals surface area contributed by atoms with Gasteiger partial charge in [-0.1, -0.05) is 30.3 Å². The van der Waals surface area contributed by atoms with Crippen molar-refractivity contribution in [2.75, 3.05) is 5.32 Å². The quantitative estimate of drug-likeness (QED) is 0.761. The summed E-state index contributed by atoms with van der Waals surface area (Å²) in [5.74, 6) is -0.0689. The van der Waals surface area contributed by atoms with E-state index in [9.17, 15) is 4.79 Å². The van der Waals surface area contributed by atoms with Crippen LogP contribution < -0.4 is 11.1 Å². The predicted octanol–water partition coefficient (Wildman–Crippen LogP) is 2.47. The van der Waals surface area contributed by atoms with E-state index in [0.29, 0.717) is 17.2 Å². The molecule has 5 nitrogen and oxygen atoms in total. The van der Waals surface area contributed by atoms with E-state index in [-0.39, 0.29) is 0 Å². The maximum atomic E-state index is 11.6. The second-order valence-electron chi connectivity index (χ2n) is 4.27. The van der Waals surface area contributed by atoms with Gasteiger partial charge in [0.05, 0.1) is 11.3 Å². The van der Waals surface area contributed by atoms with Crippen LogP contribution in [0.3, 0.4) is 0 Å². The molecule has 0 spiro atoms. The zero-order valence-corrected chi connectivity index (χ0v) is 10.6. The molecular formula is C15H12N4O. The van der Waals surface area contributed by atoms with E-state index in [1.807, 2.05) is 30.3 Å². The minimum atomic E-state index is -0.491. The molecule has 0 radical (unpaired) electrons. The van der Waals surface area contributed by atoms with Crippen molar-refractivity contribution in [2.45, 2.75) is 0 Å². The van der Waals surface area contributed by atoms with Crippen molar-refractivity contribution in [3.05, 3.63) is 60.4 Å². The van der Waals surface area contributed by atoms with E-state index in [2.05, 4.69) is 15.3 Å². The van der Waals surface area contributed by atoms with Crippen molar-refractivity contribution in [1.82, 2.24) is 9.97 Å². The fourth-order valence-corrected chi connectivity index (χ4v) is 2.09. The molecular weight excluding hydrogens is 252 g/mol. The van der Waals surface area contributed by atoms with Crippen molar-refractivity contribution in [1.29, 1.82) is 0 Å². The van der Waals surface area contributed by atoms with E-state index in [4.69, 9.17) is 5.73 Å². The summed E-state index contributed by atoms with van der Waals surface area (Å²) in [6.07, 6.45) is 3.26. The first-order valence-corrected chi connectivity index (χ1v) is 6.11. The standard InChI is InChI=1S/C15H12N4O/c16-14(20)12-7-6-10-4-1-2-5-11(10)13(12)19-15-17-8-3-9-18-15/h1-9H,(H2,16,20)(H,17,18,19). The number of nitrogens with two attached hydrogens (primary N) is 1. The number of nitrogens with zero attached hydrogens (tertiary/aromatic N) is 2. The highest BCUT2D eigenvalue weighted by molar-refractivity contribution is 6.08. The molecule has 2 aromatic carbocycles. The highest BCUT2D eigenvalue weighted by atomic mass is 16.1. The number of anilines is 2. The molecule has 5 heteroatoms. The Kier molecular flexibility index (Phi) is 3.01. The lowest BCUT2D eigenvalue weighted by molar-refractivity contribution is 0.100. The molecule has 0 saturated heterocycles. The van der Waals surface area contributed by atoms with Gasteiger partial charge in [-0.15, -0.1) is 0 Å². The third-order valence-corrected chi connectivity index (χ3v) is 3.00. The number of benzene rings is 2. The largest absolute Gasteiger partial charge is 0.366 e. The van der Waals surface area contributed by atoms with Gasteiger partial charge >= 0.3 is 0 Å². The molecule has 0 unspecified atom stereocenters. The zero-order valence-electron chi connectivity index (χ0n) is 10.6.